The number of carbonyl (C=O) groups is 1. The summed E-state index contributed by atoms with van der Waals surface area (Å²) in [6.07, 6.45) is 0.822. The van der Waals surface area contributed by atoms with E-state index in [-0.39, 0.29) is 11.9 Å². The van der Waals surface area contributed by atoms with Gasteiger partial charge in [0.1, 0.15) is 0 Å². The molecule has 1 atom stereocenters. The van der Waals surface area contributed by atoms with Crippen molar-refractivity contribution in [1.82, 2.24) is 5.32 Å². The van der Waals surface area contributed by atoms with Gasteiger partial charge in [-0.2, -0.15) is 0 Å². The highest BCUT2D eigenvalue weighted by Crippen LogP contribution is 2.12. The first kappa shape index (κ1) is 13.4. The lowest BCUT2D eigenvalue weighted by Gasteiger charge is -2.24. The van der Waals surface area contributed by atoms with Crippen LogP contribution < -0.4 is 11.1 Å². The minimum absolute atomic E-state index is 0.00334. The molecule has 0 fully saturated rings. The zero-order valence-corrected chi connectivity index (χ0v) is 9.59. The van der Waals surface area contributed by atoms with Gasteiger partial charge in [0.15, 0.2) is 0 Å². The Bertz CT molecular complexity index is 181. The predicted octanol–water partition coefficient (Wildman–Crippen LogP) is 0.513. The third-order valence-electron chi connectivity index (χ3n) is 2.26. The summed E-state index contributed by atoms with van der Waals surface area (Å²) in [5.41, 5.74) is 5.01. The highest BCUT2D eigenvalue weighted by Gasteiger charge is 2.26. The number of ether oxygens (including phenoxy) is 1. The molecule has 14 heavy (non-hydrogen) atoms. The van der Waals surface area contributed by atoms with Crippen LogP contribution in [-0.2, 0) is 9.53 Å². The molecule has 0 aromatic carbocycles. The molecule has 0 aliphatic carbocycles. The third-order valence-corrected chi connectivity index (χ3v) is 2.26. The van der Waals surface area contributed by atoms with E-state index in [9.17, 15) is 4.79 Å². The Labute approximate surface area is 86.2 Å². The summed E-state index contributed by atoms with van der Waals surface area (Å²) in [6, 6.07) is 0.133. The molecule has 3 N–H and O–H groups in total. The number of hydrogen-bond acceptors (Lipinski definition) is 3. The van der Waals surface area contributed by atoms with Gasteiger partial charge in [0, 0.05) is 26.3 Å². The second-order valence-electron chi connectivity index (χ2n) is 4.24. The summed E-state index contributed by atoms with van der Waals surface area (Å²) in [4.78, 5) is 11.6. The fourth-order valence-electron chi connectivity index (χ4n) is 0.879. The highest BCUT2D eigenvalue weighted by atomic mass is 16.5. The Morgan fingerprint density at radius 2 is 2.14 bits per heavy atom. The number of nitrogens with two attached hydrogens (primary N) is 1. The van der Waals surface area contributed by atoms with E-state index in [2.05, 4.69) is 5.32 Å². The van der Waals surface area contributed by atoms with Gasteiger partial charge in [0.2, 0.25) is 5.91 Å². The molecule has 0 aromatic rings. The number of carbonyl (C=O) groups excluding carboxylic acids is 1. The monoisotopic (exact) mass is 202 g/mol. The van der Waals surface area contributed by atoms with Crippen molar-refractivity contribution in [2.45, 2.75) is 33.2 Å². The zero-order valence-electron chi connectivity index (χ0n) is 9.59. The van der Waals surface area contributed by atoms with E-state index >= 15 is 0 Å². The molecule has 0 saturated heterocycles. The van der Waals surface area contributed by atoms with Gasteiger partial charge in [-0.3, -0.25) is 4.79 Å². The maximum Gasteiger partial charge on any atom is 0.227 e. The predicted molar refractivity (Wildman–Crippen MR) is 56.9 cm³/mol. The minimum atomic E-state index is -0.485. The lowest BCUT2D eigenvalue weighted by Crippen LogP contribution is -2.45. The minimum Gasteiger partial charge on any atom is -0.385 e. The fraction of sp³-hybridized carbons (Fsp3) is 0.900. The molecule has 4 heteroatoms. The summed E-state index contributed by atoms with van der Waals surface area (Å²) in [7, 11) is 1.65. The van der Waals surface area contributed by atoms with Gasteiger partial charge in [-0.25, -0.2) is 0 Å². The second-order valence-corrected chi connectivity index (χ2v) is 4.24. The summed E-state index contributed by atoms with van der Waals surface area (Å²) in [5, 5.41) is 2.91. The van der Waals surface area contributed by atoms with Crippen LogP contribution in [0.1, 0.15) is 27.2 Å². The maximum absolute atomic E-state index is 11.6. The smallest absolute Gasteiger partial charge is 0.227 e. The van der Waals surface area contributed by atoms with Gasteiger partial charge in [-0.15, -0.1) is 0 Å². The van der Waals surface area contributed by atoms with Crippen LogP contribution in [0.4, 0.5) is 0 Å². The quantitative estimate of drug-likeness (QED) is 0.659. The van der Waals surface area contributed by atoms with E-state index in [1.54, 1.807) is 7.11 Å². The third kappa shape index (κ3) is 4.58. The van der Waals surface area contributed by atoms with Crippen LogP contribution in [0.3, 0.4) is 0 Å². The molecule has 84 valence electrons. The van der Waals surface area contributed by atoms with Gasteiger partial charge >= 0.3 is 0 Å². The number of methoxy groups -OCH3 is 1. The first-order valence-corrected chi connectivity index (χ1v) is 4.94. The van der Waals surface area contributed by atoms with Crippen molar-refractivity contribution in [3.8, 4) is 0 Å². The van der Waals surface area contributed by atoms with E-state index in [0.29, 0.717) is 13.2 Å². The van der Waals surface area contributed by atoms with E-state index in [1.807, 2.05) is 20.8 Å². The van der Waals surface area contributed by atoms with Crippen molar-refractivity contribution < 1.29 is 9.53 Å². The Balaban J connectivity index is 3.93. The molecule has 0 heterocycles. The van der Waals surface area contributed by atoms with Crippen molar-refractivity contribution in [3.63, 3.8) is 0 Å². The Morgan fingerprint density at radius 1 is 1.57 bits per heavy atom. The molecule has 0 rings (SSSR count). The van der Waals surface area contributed by atoms with E-state index in [4.69, 9.17) is 10.5 Å². The highest BCUT2D eigenvalue weighted by molar-refractivity contribution is 5.82. The first-order chi connectivity index (χ1) is 6.44. The average Bonchev–Trinajstić information content (AvgIpc) is 2.14. The topological polar surface area (TPSA) is 64.3 Å². The van der Waals surface area contributed by atoms with Crippen LogP contribution in [-0.4, -0.2) is 32.2 Å². The molecule has 0 aromatic heterocycles. The Hall–Kier alpha value is -0.610. The van der Waals surface area contributed by atoms with Crippen LogP contribution >= 0.6 is 0 Å². The number of nitrogens with one attached hydrogen (secondary N) is 1. The van der Waals surface area contributed by atoms with E-state index < -0.39 is 5.41 Å². The average molecular weight is 202 g/mol. The zero-order chi connectivity index (χ0) is 11.2. The molecular weight excluding hydrogens is 180 g/mol. The Kier molecular flexibility index (Phi) is 5.72. The number of hydrogen-bond donors (Lipinski definition) is 2. The summed E-state index contributed by atoms with van der Waals surface area (Å²) >= 11 is 0. The lowest BCUT2D eigenvalue weighted by molar-refractivity contribution is -0.129. The summed E-state index contributed by atoms with van der Waals surface area (Å²) < 4.78 is 4.93. The van der Waals surface area contributed by atoms with Crippen LogP contribution in [0.2, 0.25) is 0 Å². The van der Waals surface area contributed by atoms with E-state index in [0.717, 1.165) is 6.42 Å². The molecule has 1 unspecified atom stereocenters. The van der Waals surface area contributed by atoms with Crippen molar-refractivity contribution in [3.05, 3.63) is 0 Å². The van der Waals surface area contributed by atoms with E-state index in [1.165, 1.54) is 0 Å². The molecule has 0 spiro atoms. The SMILES string of the molecule is COCCC(C)NC(=O)C(C)(C)CN. The van der Waals surface area contributed by atoms with Crippen molar-refractivity contribution in [1.29, 1.82) is 0 Å². The van der Waals surface area contributed by atoms with Crippen molar-refractivity contribution in [2.24, 2.45) is 11.1 Å². The maximum atomic E-state index is 11.6. The first-order valence-electron chi connectivity index (χ1n) is 4.94. The van der Waals surface area contributed by atoms with Crippen LogP contribution in [0.15, 0.2) is 0 Å². The molecule has 4 nitrogen and oxygen atoms in total. The van der Waals surface area contributed by atoms with Gasteiger partial charge in [0.05, 0.1) is 5.41 Å². The molecular formula is C10H22N2O2. The number of amides is 1. The molecule has 0 aliphatic rings. The molecule has 0 bridgehead atoms. The lowest BCUT2D eigenvalue weighted by atomic mass is 9.92. The molecule has 0 saturated carbocycles. The number of rotatable bonds is 6. The summed E-state index contributed by atoms with van der Waals surface area (Å²) in [5.74, 6) is 0.00334. The van der Waals surface area contributed by atoms with Crippen LogP contribution in [0.25, 0.3) is 0 Å². The Morgan fingerprint density at radius 3 is 2.57 bits per heavy atom. The normalized spacial score (nSPS) is 13.8. The standard InChI is InChI=1S/C10H22N2O2/c1-8(5-6-14-4)12-9(13)10(2,3)7-11/h8H,5-7,11H2,1-4H3,(H,12,13). The largest absolute Gasteiger partial charge is 0.385 e. The van der Waals surface area contributed by atoms with Crippen molar-refractivity contribution >= 4 is 5.91 Å². The molecule has 1 amide bonds. The summed E-state index contributed by atoms with van der Waals surface area (Å²) in [6.45, 7) is 6.65. The van der Waals surface area contributed by atoms with Gasteiger partial charge in [0.25, 0.3) is 0 Å². The van der Waals surface area contributed by atoms with Crippen molar-refractivity contribution in [2.75, 3.05) is 20.3 Å². The molecule has 0 aliphatic heterocycles. The fourth-order valence-corrected chi connectivity index (χ4v) is 0.879. The van der Waals surface area contributed by atoms with Crippen LogP contribution in [0.5, 0.6) is 0 Å². The van der Waals surface area contributed by atoms with Gasteiger partial charge < -0.3 is 15.8 Å². The van der Waals surface area contributed by atoms with Crippen LogP contribution in [0, 0.1) is 5.41 Å². The molecule has 0 radical (unpaired) electrons. The second kappa shape index (κ2) is 5.98. The van der Waals surface area contributed by atoms with Gasteiger partial charge in [-0.05, 0) is 27.2 Å². The van der Waals surface area contributed by atoms with Gasteiger partial charge in [-0.1, -0.05) is 0 Å².